The van der Waals surface area contributed by atoms with Crippen molar-refractivity contribution in [2.75, 3.05) is 6.54 Å². The highest BCUT2D eigenvalue weighted by Crippen LogP contribution is 2.23. The summed E-state index contributed by atoms with van der Waals surface area (Å²) in [7, 11) is 0. The van der Waals surface area contributed by atoms with Gasteiger partial charge in [-0.1, -0.05) is 0 Å². The summed E-state index contributed by atoms with van der Waals surface area (Å²) < 4.78 is 20.5. The van der Waals surface area contributed by atoms with Gasteiger partial charge >= 0.3 is 6.09 Å². The van der Waals surface area contributed by atoms with E-state index in [0.717, 1.165) is 30.6 Å². The van der Waals surface area contributed by atoms with Crippen LogP contribution in [0.1, 0.15) is 33.6 Å². The Labute approximate surface area is 147 Å². The van der Waals surface area contributed by atoms with Gasteiger partial charge in [0.25, 0.3) is 0 Å². The Morgan fingerprint density at radius 1 is 1.32 bits per heavy atom. The van der Waals surface area contributed by atoms with Gasteiger partial charge in [0.15, 0.2) is 0 Å². The molecule has 0 bridgehead atoms. The van der Waals surface area contributed by atoms with Crippen molar-refractivity contribution in [3.63, 3.8) is 0 Å². The second-order valence-corrected chi connectivity index (χ2v) is 7.43. The topological polar surface area (TPSA) is 47.4 Å². The molecule has 134 valence electrons. The summed E-state index contributed by atoms with van der Waals surface area (Å²) in [5.41, 5.74) is 1.17. The molecule has 0 unspecified atom stereocenters. The molecular formula is C19H24FN3O2. The van der Waals surface area contributed by atoms with Crippen LogP contribution < -0.4 is 0 Å². The average Bonchev–Trinajstić information content (AvgIpc) is 3.16. The highest BCUT2D eigenvalue weighted by atomic mass is 19.1. The van der Waals surface area contributed by atoms with Crippen molar-refractivity contribution < 1.29 is 13.9 Å². The van der Waals surface area contributed by atoms with Crippen LogP contribution in [0.5, 0.6) is 0 Å². The smallest absolute Gasteiger partial charge is 0.410 e. The number of ether oxygens (including phenoxy) is 1. The van der Waals surface area contributed by atoms with Crippen molar-refractivity contribution in [3.05, 3.63) is 42.6 Å². The number of benzene rings is 1. The van der Waals surface area contributed by atoms with Gasteiger partial charge in [0.2, 0.25) is 0 Å². The highest BCUT2D eigenvalue weighted by Gasteiger charge is 2.32. The zero-order valence-corrected chi connectivity index (χ0v) is 14.9. The fourth-order valence-electron chi connectivity index (χ4n) is 3.06. The number of imidazole rings is 1. The van der Waals surface area contributed by atoms with Crippen molar-refractivity contribution in [1.29, 1.82) is 0 Å². The molecule has 3 rings (SSSR count). The third kappa shape index (κ3) is 4.38. The summed E-state index contributed by atoms with van der Waals surface area (Å²) in [5, 5.41) is 0. The molecule has 1 aromatic carbocycles. The first-order valence-corrected chi connectivity index (χ1v) is 8.59. The Morgan fingerprint density at radius 3 is 2.72 bits per heavy atom. The average molecular weight is 345 g/mol. The molecule has 1 fully saturated rings. The fraction of sp³-hybridized carbons (Fsp3) is 0.474. The molecule has 1 amide bonds. The van der Waals surface area contributed by atoms with Crippen LogP contribution in [0.15, 0.2) is 36.8 Å². The largest absolute Gasteiger partial charge is 0.444 e. The van der Waals surface area contributed by atoms with Gasteiger partial charge in [-0.05, 0) is 57.9 Å². The number of halogens is 1. The molecule has 1 aromatic heterocycles. The lowest BCUT2D eigenvalue weighted by Crippen LogP contribution is -2.41. The number of amides is 1. The third-order valence-electron chi connectivity index (χ3n) is 4.20. The predicted molar refractivity (Wildman–Crippen MR) is 93.6 cm³/mol. The quantitative estimate of drug-likeness (QED) is 0.842. The lowest BCUT2D eigenvalue weighted by atomic mass is 10.2. The first-order chi connectivity index (χ1) is 11.8. The van der Waals surface area contributed by atoms with Crippen LogP contribution in [0.2, 0.25) is 0 Å². The minimum absolute atomic E-state index is 0.102. The second kappa shape index (κ2) is 6.86. The lowest BCUT2D eigenvalue weighted by molar-refractivity contribution is 0.0214. The lowest BCUT2D eigenvalue weighted by Gasteiger charge is -2.28. The van der Waals surface area contributed by atoms with Gasteiger partial charge in [0, 0.05) is 24.8 Å². The van der Waals surface area contributed by atoms with Crippen LogP contribution in [0.4, 0.5) is 9.18 Å². The molecule has 0 aliphatic carbocycles. The van der Waals surface area contributed by atoms with Crippen LogP contribution >= 0.6 is 0 Å². The van der Waals surface area contributed by atoms with Crippen molar-refractivity contribution >= 4 is 6.09 Å². The van der Waals surface area contributed by atoms with Gasteiger partial charge in [0.05, 0.1) is 18.1 Å². The van der Waals surface area contributed by atoms with E-state index in [1.54, 1.807) is 18.5 Å². The van der Waals surface area contributed by atoms with Gasteiger partial charge in [0.1, 0.15) is 11.4 Å². The highest BCUT2D eigenvalue weighted by molar-refractivity contribution is 5.69. The summed E-state index contributed by atoms with van der Waals surface area (Å²) in [6, 6.07) is 6.38. The number of nitrogens with zero attached hydrogens (tertiary/aromatic N) is 3. The molecule has 2 aromatic rings. The molecule has 1 aliphatic rings. The van der Waals surface area contributed by atoms with Crippen LogP contribution in [0.3, 0.4) is 0 Å². The van der Waals surface area contributed by atoms with Crippen molar-refractivity contribution in [2.24, 2.45) is 0 Å². The van der Waals surface area contributed by atoms with Gasteiger partial charge in [-0.2, -0.15) is 0 Å². The van der Waals surface area contributed by atoms with E-state index < -0.39 is 5.60 Å². The van der Waals surface area contributed by atoms with Gasteiger partial charge in [-0.15, -0.1) is 0 Å². The second-order valence-electron chi connectivity index (χ2n) is 7.43. The normalized spacial score (nSPS) is 17.8. The summed E-state index contributed by atoms with van der Waals surface area (Å²) in [6.07, 6.45) is 5.35. The fourth-order valence-corrected chi connectivity index (χ4v) is 3.06. The molecule has 1 atom stereocenters. The van der Waals surface area contributed by atoms with E-state index in [1.807, 2.05) is 36.4 Å². The molecule has 5 nitrogen and oxygen atoms in total. The summed E-state index contributed by atoms with van der Waals surface area (Å²) >= 11 is 0. The molecule has 2 heterocycles. The van der Waals surface area contributed by atoms with Crippen molar-refractivity contribution in [3.8, 4) is 11.3 Å². The van der Waals surface area contributed by atoms with Crippen molar-refractivity contribution in [2.45, 2.75) is 51.8 Å². The minimum Gasteiger partial charge on any atom is -0.444 e. The van der Waals surface area contributed by atoms with E-state index in [-0.39, 0.29) is 18.0 Å². The Bertz CT molecular complexity index is 734. The summed E-state index contributed by atoms with van der Waals surface area (Å²) in [5.74, 6) is -0.262. The van der Waals surface area contributed by atoms with Crippen LogP contribution in [0, 0.1) is 5.82 Å². The number of carbonyl (C=O) groups is 1. The van der Waals surface area contributed by atoms with Crippen LogP contribution in [0.25, 0.3) is 11.3 Å². The Morgan fingerprint density at radius 2 is 2.04 bits per heavy atom. The van der Waals surface area contributed by atoms with Gasteiger partial charge in [-0.25, -0.2) is 14.2 Å². The van der Waals surface area contributed by atoms with Crippen molar-refractivity contribution in [1.82, 2.24) is 14.5 Å². The molecule has 0 radical (unpaired) electrons. The molecule has 0 N–H and O–H groups in total. The van der Waals surface area contributed by atoms with E-state index in [9.17, 15) is 9.18 Å². The number of carbonyl (C=O) groups excluding carboxylic acids is 1. The summed E-state index contributed by atoms with van der Waals surface area (Å²) in [6.45, 7) is 7.02. The van der Waals surface area contributed by atoms with E-state index in [1.165, 1.54) is 12.1 Å². The number of aromatic nitrogens is 2. The first-order valence-electron chi connectivity index (χ1n) is 8.59. The molecule has 1 saturated heterocycles. The molecule has 25 heavy (non-hydrogen) atoms. The maximum absolute atomic E-state index is 13.0. The summed E-state index contributed by atoms with van der Waals surface area (Å²) in [4.78, 5) is 18.6. The number of likely N-dealkylation sites (tertiary alicyclic amines) is 1. The number of hydrogen-bond donors (Lipinski definition) is 0. The van der Waals surface area contributed by atoms with E-state index in [2.05, 4.69) is 4.98 Å². The number of hydrogen-bond acceptors (Lipinski definition) is 3. The monoisotopic (exact) mass is 345 g/mol. The Hall–Kier alpha value is -2.37. The molecular weight excluding hydrogens is 321 g/mol. The van der Waals surface area contributed by atoms with E-state index in [0.29, 0.717) is 6.54 Å². The Kier molecular flexibility index (Phi) is 4.79. The van der Waals surface area contributed by atoms with Crippen LogP contribution in [-0.2, 0) is 11.3 Å². The zero-order chi connectivity index (χ0) is 18.0. The minimum atomic E-state index is -0.491. The third-order valence-corrected chi connectivity index (χ3v) is 4.20. The molecule has 6 heteroatoms. The van der Waals surface area contributed by atoms with Crippen LogP contribution in [-0.4, -0.2) is 38.7 Å². The predicted octanol–water partition coefficient (Wildman–Crippen LogP) is 4.09. The maximum Gasteiger partial charge on any atom is 0.410 e. The Balaban J connectivity index is 1.67. The first kappa shape index (κ1) is 17.5. The molecule has 0 spiro atoms. The SMILES string of the molecule is CC(C)(C)OC(=O)N1CCC[C@H]1Cn1cnc(-c2ccc(F)cc2)c1. The van der Waals surface area contributed by atoms with Gasteiger partial charge < -0.3 is 14.2 Å². The van der Waals surface area contributed by atoms with E-state index >= 15 is 0 Å². The number of rotatable bonds is 3. The zero-order valence-electron chi connectivity index (χ0n) is 14.9. The maximum atomic E-state index is 13.0. The van der Waals surface area contributed by atoms with Gasteiger partial charge in [-0.3, -0.25) is 0 Å². The molecule has 1 aliphatic heterocycles. The molecule has 0 saturated carbocycles. The standard InChI is InChI=1S/C19H24FN3O2/c1-19(2,3)25-18(24)23-10-4-5-16(23)11-22-12-17(21-13-22)14-6-8-15(20)9-7-14/h6-9,12-13,16H,4-5,10-11H2,1-3H3/t16-/m0/s1. The van der Waals surface area contributed by atoms with E-state index in [4.69, 9.17) is 4.74 Å².